The number of anilines is 2. The minimum atomic E-state index is -4.43. The first-order chi connectivity index (χ1) is 13.1. The van der Waals surface area contributed by atoms with E-state index in [9.17, 15) is 18.0 Å². The van der Waals surface area contributed by atoms with Gasteiger partial charge in [0, 0.05) is 16.5 Å². The smallest absolute Gasteiger partial charge is 0.416 e. The summed E-state index contributed by atoms with van der Waals surface area (Å²) in [4.78, 5) is 15.3. The van der Waals surface area contributed by atoms with E-state index in [4.69, 9.17) is 21.4 Å². The van der Waals surface area contributed by atoms with Crippen molar-refractivity contribution in [3.05, 3.63) is 59.1 Å². The van der Waals surface area contributed by atoms with E-state index in [2.05, 4.69) is 10.3 Å². The van der Waals surface area contributed by atoms with E-state index in [0.29, 0.717) is 27.4 Å². The first kappa shape index (κ1) is 19.8. The Balaban J connectivity index is 1.91. The quantitative estimate of drug-likeness (QED) is 0.581. The molecule has 0 radical (unpaired) electrons. The molecular formula is C19H14ClF3N2O3. The summed E-state index contributed by atoms with van der Waals surface area (Å²) in [5.41, 5.74) is 0.0307. The lowest BCUT2D eigenvalue weighted by atomic mass is 10.1. The zero-order valence-electron chi connectivity index (χ0n) is 14.4. The number of hydrogen-bond acceptors (Lipinski definition) is 4. The maximum absolute atomic E-state index is 12.8. The summed E-state index contributed by atoms with van der Waals surface area (Å²) in [6.45, 7) is 1.37. The zero-order valence-corrected chi connectivity index (χ0v) is 15.2. The van der Waals surface area contributed by atoms with Crippen LogP contribution in [0.4, 0.5) is 24.7 Å². The molecule has 0 saturated carbocycles. The summed E-state index contributed by atoms with van der Waals surface area (Å²) in [5, 5.41) is 12.7. The Bertz CT molecular complexity index is 1040. The topological polar surface area (TPSA) is 71.5 Å². The predicted molar refractivity (Wildman–Crippen MR) is 99.2 cm³/mol. The van der Waals surface area contributed by atoms with Crippen molar-refractivity contribution in [2.75, 3.05) is 5.32 Å². The van der Waals surface area contributed by atoms with Crippen molar-refractivity contribution in [2.24, 2.45) is 0 Å². The zero-order chi connectivity index (χ0) is 20.5. The Kier molecular flexibility index (Phi) is 5.33. The molecule has 1 heterocycles. The number of rotatable bonds is 5. The van der Waals surface area contributed by atoms with Crippen molar-refractivity contribution >= 4 is 40.0 Å². The number of benzene rings is 2. The summed E-state index contributed by atoms with van der Waals surface area (Å²) in [6.07, 6.45) is -5.54. The van der Waals surface area contributed by atoms with Crippen LogP contribution in [0.5, 0.6) is 5.75 Å². The third-order valence-corrected chi connectivity index (χ3v) is 4.11. The average Bonchev–Trinajstić information content (AvgIpc) is 2.62. The van der Waals surface area contributed by atoms with Crippen molar-refractivity contribution in [1.82, 2.24) is 4.98 Å². The summed E-state index contributed by atoms with van der Waals surface area (Å²) < 4.78 is 43.9. The average molecular weight is 411 g/mol. The van der Waals surface area contributed by atoms with Gasteiger partial charge in [-0.15, -0.1) is 0 Å². The molecule has 28 heavy (non-hydrogen) atoms. The number of alkyl halides is 3. The van der Waals surface area contributed by atoms with Crippen molar-refractivity contribution in [1.29, 1.82) is 0 Å². The Morgan fingerprint density at radius 1 is 1.18 bits per heavy atom. The molecule has 5 nitrogen and oxygen atoms in total. The fraction of sp³-hybridized carbons (Fsp3) is 0.158. The van der Waals surface area contributed by atoms with Gasteiger partial charge < -0.3 is 15.2 Å². The number of aliphatic carboxylic acids is 1. The molecule has 1 atom stereocenters. The second-order valence-electron chi connectivity index (χ2n) is 5.97. The minimum absolute atomic E-state index is 0.205. The van der Waals surface area contributed by atoms with Crippen molar-refractivity contribution in [3.8, 4) is 5.75 Å². The van der Waals surface area contributed by atoms with Crippen LogP contribution >= 0.6 is 11.6 Å². The predicted octanol–water partition coefficient (Wildman–Crippen LogP) is 5.50. The summed E-state index contributed by atoms with van der Waals surface area (Å²) in [6, 6.07) is 10.9. The van der Waals surface area contributed by atoms with Gasteiger partial charge in [-0.25, -0.2) is 9.78 Å². The molecule has 3 rings (SSSR count). The lowest BCUT2D eigenvalue weighted by Gasteiger charge is -2.16. The first-order valence-electron chi connectivity index (χ1n) is 8.07. The molecule has 0 amide bonds. The van der Waals surface area contributed by atoms with Crippen LogP contribution in [0.3, 0.4) is 0 Å². The van der Waals surface area contributed by atoms with Gasteiger partial charge in [-0.05, 0) is 49.4 Å². The first-order valence-corrected chi connectivity index (χ1v) is 8.45. The molecule has 1 aromatic heterocycles. The van der Waals surface area contributed by atoms with E-state index in [-0.39, 0.29) is 5.75 Å². The highest BCUT2D eigenvalue weighted by Crippen LogP contribution is 2.33. The molecule has 0 aliphatic heterocycles. The number of nitrogens with zero attached hydrogens (tertiary/aromatic N) is 1. The number of hydrogen-bond donors (Lipinski definition) is 2. The number of carbonyl (C=O) groups is 1. The molecule has 1 unspecified atom stereocenters. The maximum atomic E-state index is 12.8. The number of ether oxygens (including phenoxy) is 1. The van der Waals surface area contributed by atoms with Crippen LogP contribution in [0.15, 0.2) is 48.5 Å². The van der Waals surface area contributed by atoms with Gasteiger partial charge in [-0.3, -0.25) is 0 Å². The maximum Gasteiger partial charge on any atom is 0.416 e. The van der Waals surface area contributed by atoms with E-state index in [1.165, 1.54) is 31.2 Å². The van der Waals surface area contributed by atoms with Crippen LogP contribution in [-0.4, -0.2) is 22.2 Å². The lowest BCUT2D eigenvalue weighted by Crippen LogP contribution is -2.23. The molecule has 0 aliphatic rings. The van der Waals surface area contributed by atoms with Crippen molar-refractivity contribution in [3.63, 3.8) is 0 Å². The summed E-state index contributed by atoms with van der Waals surface area (Å²) in [7, 11) is 0. The Morgan fingerprint density at radius 2 is 1.93 bits per heavy atom. The van der Waals surface area contributed by atoms with Crippen molar-refractivity contribution in [2.45, 2.75) is 19.2 Å². The number of carboxylic acid groups (broad SMARTS) is 1. The lowest BCUT2D eigenvalue weighted by molar-refractivity contribution is -0.144. The highest BCUT2D eigenvalue weighted by molar-refractivity contribution is 6.30. The Morgan fingerprint density at radius 3 is 2.61 bits per heavy atom. The molecular weight excluding hydrogens is 397 g/mol. The van der Waals surface area contributed by atoms with E-state index >= 15 is 0 Å². The number of carboxylic acids is 1. The fourth-order valence-corrected chi connectivity index (χ4v) is 2.61. The third-order valence-electron chi connectivity index (χ3n) is 3.87. The molecule has 0 spiro atoms. The monoisotopic (exact) mass is 410 g/mol. The van der Waals surface area contributed by atoms with Crippen LogP contribution in [0, 0.1) is 0 Å². The van der Waals surface area contributed by atoms with Gasteiger partial charge in [0.15, 0.2) is 6.10 Å². The molecule has 0 aliphatic carbocycles. The molecule has 3 aromatic rings. The third kappa shape index (κ3) is 4.45. The molecule has 0 bridgehead atoms. The van der Waals surface area contributed by atoms with E-state index in [0.717, 1.165) is 12.1 Å². The van der Waals surface area contributed by atoms with Gasteiger partial charge in [0.2, 0.25) is 0 Å². The number of halogens is 4. The number of pyridine rings is 1. The van der Waals surface area contributed by atoms with Crippen LogP contribution in [0.2, 0.25) is 5.02 Å². The van der Waals surface area contributed by atoms with Gasteiger partial charge in [0.1, 0.15) is 11.6 Å². The van der Waals surface area contributed by atoms with Gasteiger partial charge in [-0.1, -0.05) is 11.6 Å². The number of fused-ring (bicyclic) bond motifs is 1. The summed E-state index contributed by atoms with van der Waals surface area (Å²) >= 11 is 5.95. The molecule has 2 N–H and O–H groups in total. The Labute approximate surface area is 162 Å². The second kappa shape index (κ2) is 7.55. The number of nitrogens with one attached hydrogen (secondary N) is 1. The van der Waals surface area contributed by atoms with E-state index < -0.39 is 23.8 Å². The van der Waals surface area contributed by atoms with E-state index in [1.54, 1.807) is 12.1 Å². The largest absolute Gasteiger partial charge is 0.479 e. The van der Waals surface area contributed by atoms with Gasteiger partial charge in [0.25, 0.3) is 0 Å². The highest BCUT2D eigenvalue weighted by atomic mass is 35.5. The second-order valence-corrected chi connectivity index (χ2v) is 6.40. The summed E-state index contributed by atoms with van der Waals surface area (Å²) in [5.74, 6) is -0.589. The fourth-order valence-electron chi connectivity index (χ4n) is 2.45. The van der Waals surface area contributed by atoms with Gasteiger partial charge in [-0.2, -0.15) is 13.2 Å². The van der Waals surface area contributed by atoms with Crippen LogP contribution < -0.4 is 10.1 Å². The minimum Gasteiger partial charge on any atom is -0.479 e. The van der Waals surface area contributed by atoms with Crippen molar-refractivity contribution < 1.29 is 27.8 Å². The molecule has 9 heteroatoms. The van der Waals surface area contributed by atoms with Gasteiger partial charge in [0.05, 0.1) is 16.8 Å². The van der Waals surface area contributed by atoms with Gasteiger partial charge >= 0.3 is 12.1 Å². The van der Waals surface area contributed by atoms with Crippen LogP contribution in [-0.2, 0) is 11.0 Å². The van der Waals surface area contributed by atoms with E-state index in [1.807, 2.05) is 0 Å². The molecule has 0 fully saturated rings. The number of aromatic nitrogens is 1. The molecule has 0 saturated heterocycles. The van der Waals surface area contributed by atoms with Crippen LogP contribution in [0.1, 0.15) is 12.5 Å². The molecule has 2 aromatic carbocycles. The SMILES string of the molecule is CC(Oc1cc(Cl)ccc1Nc1ccc2cc(C(F)(F)F)ccc2n1)C(=O)O. The molecule has 146 valence electrons. The van der Waals surface area contributed by atoms with Crippen LogP contribution in [0.25, 0.3) is 10.9 Å². The Hall–Kier alpha value is -3.00. The standard InChI is InChI=1S/C19H14ClF3N2O3/c1-10(18(26)27)28-16-9-13(20)4-6-15(16)25-17-7-2-11-8-12(19(21,22)23)3-5-14(11)24-17/h2-10H,1H3,(H,24,25)(H,26,27). The highest BCUT2D eigenvalue weighted by Gasteiger charge is 2.30. The normalized spacial score (nSPS) is 12.6.